The van der Waals surface area contributed by atoms with Crippen molar-refractivity contribution in [1.82, 2.24) is 0 Å². The highest BCUT2D eigenvalue weighted by molar-refractivity contribution is 8.00. The van der Waals surface area contributed by atoms with Crippen molar-refractivity contribution in [3.8, 4) is 0 Å². The fraction of sp³-hybridized carbons (Fsp3) is 0.500. The number of nitro benzene ring substituents is 1. The summed E-state index contributed by atoms with van der Waals surface area (Å²) in [4.78, 5) is 21.6. The van der Waals surface area contributed by atoms with Gasteiger partial charge < -0.3 is 10.4 Å². The van der Waals surface area contributed by atoms with Crippen LogP contribution < -0.4 is 5.32 Å². The van der Waals surface area contributed by atoms with E-state index < -0.39 is 10.9 Å². The molecule has 0 aromatic heterocycles. The van der Waals surface area contributed by atoms with Gasteiger partial charge in [0.25, 0.3) is 5.69 Å². The highest BCUT2D eigenvalue weighted by Crippen LogP contribution is 2.38. The Hall–Kier alpha value is -1.76. The third-order valence-electron chi connectivity index (χ3n) is 3.78. The number of nitrogens with zero attached hydrogens (tertiary/aromatic N) is 1. The summed E-state index contributed by atoms with van der Waals surface area (Å²) >= 11 is 1.88. The Morgan fingerprint density at radius 2 is 2.29 bits per heavy atom. The first-order chi connectivity index (χ1) is 9.82. The van der Waals surface area contributed by atoms with E-state index in [1.807, 2.05) is 11.8 Å². The van der Waals surface area contributed by atoms with Gasteiger partial charge in [0.05, 0.1) is 10.5 Å². The molecule has 0 saturated carbocycles. The van der Waals surface area contributed by atoms with Gasteiger partial charge in [0.2, 0.25) is 0 Å². The molecule has 1 aliphatic rings. The van der Waals surface area contributed by atoms with E-state index in [1.165, 1.54) is 6.07 Å². The molecule has 1 fully saturated rings. The van der Waals surface area contributed by atoms with Crippen molar-refractivity contribution in [3.63, 3.8) is 0 Å². The van der Waals surface area contributed by atoms with Gasteiger partial charge in [-0.15, -0.1) is 0 Å². The molecule has 0 spiro atoms. The van der Waals surface area contributed by atoms with Crippen LogP contribution in [0.4, 0.5) is 11.4 Å². The van der Waals surface area contributed by atoms with Crippen LogP contribution in [0.2, 0.25) is 0 Å². The van der Waals surface area contributed by atoms with Gasteiger partial charge in [0.1, 0.15) is 0 Å². The smallest absolute Gasteiger partial charge is 0.336 e. The van der Waals surface area contributed by atoms with Crippen LogP contribution >= 0.6 is 11.8 Å². The normalized spacial score (nSPS) is 21.2. The van der Waals surface area contributed by atoms with Crippen LogP contribution in [0.3, 0.4) is 0 Å². The first kappa shape index (κ1) is 15.6. The zero-order valence-electron chi connectivity index (χ0n) is 12.0. The quantitative estimate of drug-likeness (QED) is 0.640. The molecule has 2 N–H and O–H groups in total. The number of carboxylic acid groups (broad SMARTS) is 1. The van der Waals surface area contributed by atoms with Gasteiger partial charge in [0.15, 0.2) is 0 Å². The predicted molar refractivity (Wildman–Crippen MR) is 83.4 cm³/mol. The summed E-state index contributed by atoms with van der Waals surface area (Å²) in [6, 6.07) is 2.57. The molecule has 7 heteroatoms. The lowest BCUT2D eigenvalue weighted by atomic mass is 10.0. The molecule has 1 aliphatic heterocycles. The molecule has 2 rings (SSSR count). The molecule has 6 nitrogen and oxygen atoms in total. The number of aromatic carboxylic acids is 1. The summed E-state index contributed by atoms with van der Waals surface area (Å²) in [7, 11) is 0. The van der Waals surface area contributed by atoms with Crippen LogP contribution in [0.25, 0.3) is 0 Å². The van der Waals surface area contributed by atoms with E-state index in [0.717, 1.165) is 24.7 Å². The summed E-state index contributed by atoms with van der Waals surface area (Å²) in [5.74, 6) is -0.0467. The Balaban J connectivity index is 2.29. The van der Waals surface area contributed by atoms with E-state index in [1.54, 1.807) is 6.92 Å². The van der Waals surface area contributed by atoms with Crippen molar-refractivity contribution in [2.75, 3.05) is 17.6 Å². The predicted octanol–water partition coefficient (Wildman–Crippen LogP) is 3.30. The van der Waals surface area contributed by atoms with Gasteiger partial charge >= 0.3 is 5.97 Å². The molecule has 1 unspecified atom stereocenters. The fourth-order valence-corrected chi connectivity index (χ4v) is 3.70. The van der Waals surface area contributed by atoms with Crippen LogP contribution in [-0.4, -0.2) is 33.0 Å². The molecule has 1 atom stereocenters. The standard InChI is InChI=1S/C14H18N2O4S/c1-9-11(15-8-14(2)4-3-5-21-14)6-10(13(17)18)7-12(9)16(19)20/h6-7,15H,3-5,8H2,1-2H3,(H,17,18). The molecule has 0 radical (unpaired) electrons. The summed E-state index contributed by atoms with van der Waals surface area (Å²) in [5.41, 5.74) is 0.757. The Morgan fingerprint density at radius 3 is 2.81 bits per heavy atom. The number of hydrogen-bond acceptors (Lipinski definition) is 5. The minimum Gasteiger partial charge on any atom is -0.478 e. The third-order valence-corrected chi connectivity index (χ3v) is 5.32. The average molecular weight is 310 g/mol. The molecule has 21 heavy (non-hydrogen) atoms. The highest BCUT2D eigenvalue weighted by Gasteiger charge is 2.29. The Bertz CT molecular complexity index is 583. The lowest BCUT2D eigenvalue weighted by Crippen LogP contribution is -2.27. The zero-order chi connectivity index (χ0) is 15.6. The van der Waals surface area contributed by atoms with Crippen molar-refractivity contribution in [2.45, 2.75) is 31.4 Å². The first-order valence-electron chi connectivity index (χ1n) is 6.72. The summed E-state index contributed by atoms with van der Waals surface area (Å²) in [6.07, 6.45) is 2.25. The third kappa shape index (κ3) is 3.47. The molecule has 1 saturated heterocycles. The monoisotopic (exact) mass is 310 g/mol. The number of anilines is 1. The molecule has 0 bridgehead atoms. The second-order valence-electron chi connectivity index (χ2n) is 5.49. The van der Waals surface area contributed by atoms with Crippen LogP contribution in [0.15, 0.2) is 12.1 Å². The van der Waals surface area contributed by atoms with Crippen molar-refractivity contribution in [3.05, 3.63) is 33.4 Å². The van der Waals surface area contributed by atoms with Gasteiger partial charge in [-0.25, -0.2) is 4.79 Å². The summed E-state index contributed by atoms with van der Waals surface area (Å²) in [5, 5.41) is 23.3. The van der Waals surface area contributed by atoms with Crippen LogP contribution in [0.5, 0.6) is 0 Å². The van der Waals surface area contributed by atoms with Gasteiger partial charge in [-0.05, 0) is 38.5 Å². The number of rotatable bonds is 5. The van der Waals surface area contributed by atoms with Crippen molar-refractivity contribution in [1.29, 1.82) is 0 Å². The molecular formula is C14H18N2O4S. The number of nitro groups is 1. The zero-order valence-corrected chi connectivity index (χ0v) is 12.8. The van der Waals surface area contributed by atoms with Gasteiger partial charge in [0, 0.05) is 28.6 Å². The van der Waals surface area contributed by atoms with E-state index in [4.69, 9.17) is 5.11 Å². The molecule has 0 aliphatic carbocycles. The maximum absolute atomic E-state index is 11.1. The number of carboxylic acids is 1. The lowest BCUT2D eigenvalue weighted by Gasteiger charge is -2.24. The molecular weight excluding hydrogens is 292 g/mol. The molecule has 1 aromatic carbocycles. The summed E-state index contributed by atoms with van der Waals surface area (Å²) < 4.78 is 0.0977. The Morgan fingerprint density at radius 1 is 1.57 bits per heavy atom. The fourth-order valence-electron chi connectivity index (χ4n) is 2.45. The maximum atomic E-state index is 11.1. The molecule has 114 valence electrons. The van der Waals surface area contributed by atoms with E-state index in [2.05, 4.69) is 12.2 Å². The molecule has 1 aromatic rings. The minimum absolute atomic E-state index is 0.0703. The Labute approximate surface area is 127 Å². The van der Waals surface area contributed by atoms with E-state index in [9.17, 15) is 14.9 Å². The van der Waals surface area contributed by atoms with E-state index in [0.29, 0.717) is 17.8 Å². The highest BCUT2D eigenvalue weighted by atomic mass is 32.2. The number of carbonyl (C=O) groups is 1. The SMILES string of the molecule is Cc1c(NCC2(C)CCCS2)cc(C(=O)O)cc1[N+](=O)[O-]. The van der Waals surface area contributed by atoms with Gasteiger partial charge in [-0.1, -0.05) is 0 Å². The molecule has 0 amide bonds. The number of hydrogen-bond donors (Lipinski definition) is 2. The summed E-state index contributed by atoms with van der Waals surface area (Å²) in [6.45, 7) is 4.46. The number of nitrogens with one attached hydrogen (secondary N) is 1. The van der Waals surface area contributed by atoms with Crippen LogP contribution in [-0.2, 0) is 0 Å². The van der Waals surface area contributed by atoms with Crippen molar-refractivity contribution < 1.29 is 14.8 Å². The topological polar surface area (TPSA) is 92.5 Å². The van der Waals surface area contributed by atoms with E-state index >= 15 is 0 Å². The number of benzene rings is 1. The second kappa shape index (κ2) is 5.93. The second-order valence-corrected chi connectivity index (χ2v) is 7.17. The van der Waals surface area contributed by atoms with Crippen LogP contribution in [0.1, 0.15) is 35.7 Å². The van der Waals surface area contributed by atoms with Crippen molar-refractivity contribution >= 4 is 29.1 Å². The van der Waals surface area contributed by atoms with E-state index in [-0.39, 0.29) is 16.0 Å². The molecule has 1 heterocycles. The van der Waals surface area contributed by atoms with Gasteiger partial charge in [-0.3, -0.25) is 10.1 Å². The lowest BCUT2D eigenvalue weighted by molar-refractivity contribution is -0.385. The number of thioether (sulfide) groups is 1. The van der Waals surface area contributed by atoms with Gasteiger partial charge in [-0.2, -0.15) is 11.8 Å². The Kier molecular flexibility index (Phi) is 4.41. The van der Waals surface area contributed by atoms with Crippen LogP contribution in [0, 0.1) is 17.0 Å². The largest absolute Gasteiger partial charge is 0.478 e. The minimum atomic E-state index is -1.16. The first-order valence-corrected chi connectivity index (χ1v) is 7.71. The maximum Gasteiger partial charge on any atom is 0.336 e. The van der Waals surface area contributed by atoms with Crippen molar-refractivity contribution in [2.24, 2.45) is 0 Å². The average Bonchev–Trinajstić information content (AvgIpc) is 2.84.